The van der Waals surface area contributed by atoms with E-state index in [1.165, 1.54) is 91.9 Å². The van der Waals surface area contributed by atoms with Gasteiger partial charge in [-0.3, -0.25) is 0 Å². The minimum Gasteiger partial charge on any atom is -0.308 e. The van der Waals surface area contributed by atoms with Gasteiger partial charge >= 0.3 is 0 Å². The Bertz CT molecular complexity index is 2520. The lowest BCUT2D eigenvalue weighted by Crippen LogP contribution is -2.24. The average molecular weight is 646 g/mol. The van der Waals surface area contributed by atoms with Crippen LogP contribution in [0.5, 0.6) is 0 Å². The quantitative estimate of drug-likeness (QED) is 0.184. The zero-order valence-electron chi connectivity index (χ0n) is 25.9. The molecule has 7 aromatic carbocycles. The number of hydrogen-bond donors (Lipinski definition) is 0. The van der Waals surface area contributed by atoms with Gasteiger partial charge in [-0.1, -0.05) is 133 Å². The molecule has 1 nitrogen and oxygen atoms in total. The van der Waals surface area contributed by atoms with Crippen LogP contribution in [0.1, 0.15) is 21.6 Å². The number of anilines is 3. The van der Waals surface area contributed by atoms with Gasteiger partial charge in [-0.05, 0) is 87.0 Å². The van der Waals surface area contributed by atoms with Gasteiger partial charge < -0.3 is 4.90 Å². The average Bonchev–Trinajstić information content (AvgIpc) is 3.77. The first kappa shape index (κ1) is 26.7. The molecule has 1 aromatic heterocycles. The molecule has 0 saturated carbocycles. The predicted octanol–water partition coefficient (Wildman–Crippen LogP) is 12.8. The second-order valence-electron chi connectivity index (χ2n) is 12.8. The SMILES string of the molecule is c1ccc2c(c1)Sc1ccccc1N2c1ccc(-c2cccc3c2-c2c(sc4ccccc24)C32c3ccccc3-c3ccccc32)cc1. The monoisotopic (exact) mass is 645 g/mol. The maximum Gasteiger partial charge on any atom is 0.0819 e. The molecule has 1 spiro atoms. The van der Waals surface area contributed by atoms with Gasteiger partial charge in [0.1, 0.15) is 0 Å². The largest absolute Gasteiger partial charge is 0.308 e. The van der Waals surface area contributed by atoms with Crippen LogP contribution in [0.15, 0.2) is 174 Å². The third-order valence-electron chi connectivity index (χ3n) is 10.5. The second-order valence-corrected chi connectivity index (χ2v) is 14.9. The fourth-order valence-corrected chi connectivity index (χ4v) is 11.1. The van der Waals surface area contributed by atoms with E-state index in [9.17, 15) is 0 Å². The lowest BCUT2D eigenvalue weighted by Gasteiger charge is -2.33. The summed E-state index contributed by atoms with van der Waals surface area (Å²) in [6.07, 6.45) is 0. The van der Waals surface area contributed by atoms with E-state index in [0.29, 0.717) is 0 Å². The zero-order valence-corrected chi connectivity index (χ0v) is 27.5. The molecule has 1 aliphatic heterocycles. The van der Waals surface area contributed by atoms with Crippen molar-refractivity contribution in [1.29, 1.82) is 0 Å². The van der Waals surface area contributed by atoms with Crippen molar-refractivity contribution in [2.24, 2.45) is 0 Å². The summed E-state index contributed by atoms with van der Waals surface area (Å²) in [5.41, 5.74) is 15.5. The topological polar surface area (TPSA) is 3.24 Å². The molecule has 48 heavy (non-hydrogen) atoms. The van der Waals surface area contributed by atoms with Crippen molar-refractivity contribution in [2.45, 2.75) is 15.2 Å². The lowest BCUT2D eigenvalue weighted by molar-refractivity contribution is 0.812. The summed E-state index contributed by atoms with van der Waals surface area (Å²) in [6, 6.07) is 60.9. The molecular formula is C45H27NS2. The fourth-order valence-electron chi connectivity index (χ4n) is 8.60. The van der Waals surface area contributed by atoms with Crippen molar-refractivity contribution in [3.63, 3.8) is 0 Å². The third-order valence-corrected chi connectivity index (χ3v) is 12.9. The maximum atomic E-state index is 2.41. The molecule has 2 aliphatic carbocycles. The second kappa shape index (κ2) is 9.84. The van der Waals surface area contributed by atoms with E-state index in [1.807, 2.05) is 23.1 Å². The Morgan fingerprint density at radius 1 is 0.438 bits per heavy atom. The molecule has 0 radical (unpaired) electrons. The molecule has 0 fully saturated rings. The van der Waals surface area contributed by atoms with E-state index < -0.39 is 0 Å². The molecule has 0 amide bonds. The first-order valence-electron chi connectivity index (χ1n) is 16.4. The van der Waals surface area contributed by atoms with Gasteiger partial charge in [0, 0.05) is 36.0 Å². The van der Waals surface area contributed by atoms with Crippen molar-refractivity contribution in [3.8, 4) is 33.4 Å². The van der Waals surface area contributed by atoms with Gasteiger partial charge in [-0.2, -0.15) is 0 Å². The molecule has 0 atom stereocenters. The summed E-state index contributed by atoms with van der Waals surface area (Å²) < 4.78 is 1.35. The van der Waals surface area contributed by atoms with E-state index in [1.54, 1.807) is 0 Å². The lowest BCUT2D eigenvalue weighted by atomic mass is 9.73. The van der Waals surface area contributed by atoms with Crippen molar-refractivity contribution >= 4 is 50.2 Å². The first-order valence-corrected chi connectivity index (χ1v) is 18.1. The minimum atomic E-state index is -0.337. The maximum absolute atomic E-state index is 2.41. The van der Waals surface area contributed by atoms with Crippen LogP contribution in [-0.4, -0.2) is 0 Å². The normalized spacial score (nSPS) is 14.3. The smallest absolute Gasteiger partial charge is 0.0819 e. The van der Waals surface area contributed by atoms with Crippen LogP contribution in [0.4, 0.5) is 17.1 Å². The Hall–Kier alpha value is -5.35. The van der Waals surface area contributed by atoms with Crippen molar-refractivity contribution in [1.82, 2.24) is 0 Å². The van der Waals surface area contributed by atoms with Crippen LogP contribution in [0, 0.1) is 0 Å². The van der Waals surface area contributed by atoms with Crippen LogP contribution in [0.3, 0.4) is 0 Å². The number of benzene rings is 7. The minimum absolute atomic E-state index is 0.337. The molecule has 11 rings (SSSR count). The number of thiophene rings is 1. The van der Waals surface area contributed by atoms with Crippen LogP contribution < -0.4 is 4.90 Å². The molecule has 224 valence electrons. The highest BCUT2D eigenvalue weighted by molar-refractivity contribution is 7.99. The van der Waals surface area contributed by atoms with Gasteiger partial charge in [-0.15, -0.1) is 11.3 Å². The molecule has 0 saturated heterocycles. The molecule has 0 unspecified atom stereocenters. The molecule has 8 aromatic rings. The van der Waals surface area contributed by atoms with Crippen molar-refractivity contribution < 1.29 is 0 Å². The van der Waals surface area contributed by atoms with E-state index in [2.05, 4.69) is 169 Å². The van der Waals surface area contributed by atoms with Gasteiger partial charge in [-0.25, -0.2) is 0 Å². The van der Waals surface area contributed by atoms with Crippen molar-refractivity contribution in [2.75, 3.05) is 4.90 Å². The molecule has 3 heteroatoms. The summed E-state index contributed by atoms with van der Waals surface area (Å²) in [7, 11) is 0. The Morgan fingerprint density at radius 2 is 1.00 bits per heavy atom. The van der Waals surface area contributed by atoms with Gasteiger partial charge in [0.15, 0.2) is 0 Å². The zero-order chi connectivity index (χ0) is 31.4. The molecular weight excluding hydrogens is 619 g/mol. The van der Waals surface area contributed by atoms with Crippen LogP contribution in [-0.2, 0) is 5.41 Å². The highest BCUT2D eigenvalue weighted by Crippen LogP contribution is 2.67. The standard InChI is InChI=1S/C45H27NS2/c1-4-16-34-31(12-1)32-13-2-5-17-35(32)45(34)36-18-11-15-30(42(36)43-33-14-3-8-21-39(33)48-44(43)45)28-24-26-29(27-25-28)46-37-19-6-9-22-40(37)47-41-23-10-7-20-38(41)46/h1-27H. The predicted molar refractivity (Wildman–Crippen MR) is 202 cm³/mol. The summed E-state index contributed by atoms with van der Waals surface area (Å²) in [4.78, 5) is 6.41. The number of para-hydroxylation sites is 2. The van der Waals surface area contributed by atoms with Crippen LogP contribution in [0.25, 0.3) is 43.5 Å². The first-order chi connectivity index (χ1) is 23.8. The Balaban J connectivity index is 1.15. The molecule has 3 aliphatic rings. The highest BCUT2D eigenvalue weighted by Gasteiger charge is 2.53. The van der Waals surface area contributed by atoms with Gasteiger partial charge in [0.05, 0.1) is 16.8 Å². The van der Waals surface area contributed by atoms with E-state index >= 15 is 0 Å². The molecule has 0 N–H and O–H groups in total. The van der Waals surface area contributed by atoms with Crippen LogP contribution in [0.2, 0.25) is 0 Å². The van der Waals surface area contributed by atoms with Gasteiger partial charge in [0.2, 0.25) is 0 Å². The molecule has 2 heterocycles. The van der Waals surface area contributed by atoms with E-state index in [4.69, 9.17) is 0 Å². The Kier molecular flexibility index (Phi) is 5.47. The fraction of sp³-hybridized carbons (Fsp3) is 0.0222. The summed E-state index contributed by atoms with van der Waals surface area (Å²) in [5, 5.41) is 1.35. The molecule has 0 bridgehead atoms. The Morgan fingerprint density at radius 3 is 1.71 bits per heavy atom. The summed E-state index contributed by atoms with van der Waals surface area (Å²) >= 11 is 3.82. The van der Waals surface area contributed by atoms with E-state index in [0.717, 1.165) is 0 Å². The van der Waals surface area contributed by atoms with Gasteiger partial charge in [0.25, 0.3) is 0 Å². The van der Waals surface area contributed by atoms with Crippen molar-refractivity contribution in [3.05, 3.63) is 185 Å². The number of hydrogen-bond acceptors (Lipinski definition) is 3. The number of fused-ring (bicyclic) bond motifs is 14. The number of nitrogens with zero attached hydrogens (tertiary/aromatic N) is 1. The summed E-state index contributed by atoms with van der Waals surface area (Å²) in [6.45, 7) is 0. The van der Waals surface area contributed by atoms with Crippen LogP contribution >= 0.6 is 23.1 Å². The van der Waals surface area contributed by atoms with E-state index in [-0.39, 0.29) is 5.41 Å². The summed E-state index contributed by atoms with van der Waals surface area (Å²) in [5.74, 6) is 0. The Labute approximate surface area is 287 Å². The third kappa shape index (κ3) is 3.37. The highest BCUT2D eigenvalue weighted by atomic mass is 32.2. The number of rotatable bonds is 2.